The van der Waals surface area contributed by atoms with Crippen molar-refractivity contribution in [1.82, 2.24) is 0 Å². The van der Waals surface area contributed by atoms with E-state index in [1.807, 2.05) is 32.0 Å². The Hall–Kier alpha value is -0.870. The lowest BCUT2D eigenvalue weighted by atomic mass is 9.94. The molecule has 4 heteroatoms. The Labute approximate surface area is 110 Å². The summed E-state index contributed by atoms with van der Waals surface area (Å²) >= 11 is 3.42. The fourth-order valence-electron chi connectivity index (χ4n) is 1.98. The topological polar surface area (TPSA) is 40.5 Å². The van der Waals surface area contributed by atoms with Crippen molar-refractivity contribution in [2.45, 2.75) is 20.3 Å². The molecule has 0 atom stereocenters. The van der Waals surface area contributed by atoms with E-state index in [0.717, 1.165) is 15.7 Å². The number of anilines is 1. The van der Waals surface area contributed by atoms with Gasteiger partial charge in [0, 0.05) is 28.7 Å². The lowest BCUT2D eigenvalue weighted by Gasteiger charge is -2.28. The quantitative estimate of drug-likeness (QED) is 0.930. The standard InChI is InChI=1S/C13H16BrNO2/c1-13(2,8-16)7-15-11-6-10(14)4-3-9(11)5-12(15)17/h3-4,6,16H,5,7-8H2,1-2H3. The lowest BCUT2D eigenvalue weighted by Crippen LogP contribution is -2.38. The van der Waals surface area contributed by atoms with Crippen molar-refractivity contribution in [3.05, 3.63) is 28.2 Å². The van der Waals surface area contributed by atoms with E-state index in [-0.39, 0.29) is 17.9 Å². The van der Waals surface area contributed by atoms with Crippen LogP contribution in [0.25, 0.3) is 0 Å². The monoisotopic (exact) mass is 297 g/mol. The van der Waals surface area contributed by atoms with Gasteiger partial charge in [0.05, 0.1) is 6.42 Å². The summed E-state index contributed by atoms with van der Waals surface area (Å²) in [5.41, 5.74) is 1.75. The number of aliphatic hydroxyl groups excluding tert-OH is 1. The fourth-order valence-corrected chi connectivity index (χ4v) is 2.33. The number of hydrogen-bond acceptors (Lipinski definition) is 2. The maximum absolute atomic E-state index is 12.0. The van der Waals surface area contributed by atoms with Gasteiger partial charge in [0.25, 0.3) is 0 Å². The molecule has 0 saturated carbocycles. The van der Waals surface area contributed by atoms with Crippen LogP contribution < -0.4 is 4.90 Å². The van der Waals surface area contributed by atoms with E-state index < -0.39 is 0 Å². The molecule has 1 aliphatic heterocycles. The van der Waals surface area contributed by atoms with Gasteiger partial charge < -0.3 is 10.0 Å². The molecule has 0 bridgehead atoms. The molecule has 0 aliphatic carbocycles. The predicted octanol–water partition coefficient (Wildman–Crippen LogP) is 2.36. The van der Waals surface area contributed by atoms with Crippen molar-refractivity contribution in [2.75, 3.05) is 18.1 Å². The van der Waals surface area contributed by atoms with Crippen molar-refractivity contribution in [3.63, 3.8) is 0 Å². The molecule has 0 aromatic heterocycles. The molecule has 0 radical (unpaired) electrons. The predicted molar refractivity (Wildman–Crippen MR) is 71.1 cm³/mol. The molecule has 1 heterocycles. The highest BCUT2D eigenvalue weighted by Crippen LogP contribution is 2.33. The largest absolute Gasteiger partial charge is 0.396 e. The van der Waals surface area contributed by atoms with E-state index in [1.54, 1.807) is 4.90 Å². The van der Waals surface area contributed by atoms with E-state index in [2.05, 4.69) is 15.9 Å². The zero-order valence-electron chi connectivity index (χ0n) is 10.0. The van der Waals surface area contributed by atoms with Gasteiger partial charge in [-0.25, -0.2) is 0 Å². The molecule has 1 aliphatic rings. The normalized spacial score (nSPS) is 15.3. The molecular weight excluding hydrogens is 282 g/mol. The SMILES string of the molecule is CC(C)(CO)CN1C(=O)Cc2ccc(Br)cc21. The first-order valence-corrected chi connectivity index (χ1v) is 6.42. The number of hydrogen-bond donors (Lipinski definition) is 1. The first kappa shape index (κ1) is 12.6. The van der Waals surface area contributed by atoms with Gasteiger partial charge in [0.15, 0.2) is 0 Å². The van der Waals surface area contributed by atoms with Gasteiger partial charge in [-0.05, 0) is 17.7 Å². The summed E-state index contributed by atoms with van der Waals surface area (Å²) in [6, 6.07) is 5.89. The van der Waals surface area contributed by atoms with Crippen LogP contribution in [0.4, 0.5) is 5.69 Å². The maximum atomic E-state index is 12.0. The Balaban J connectivity index is 2.31. The Morgan fingerprint density at radius 1 is 1.47 bits per heavy atom. The van der Waals surface area contributed by atoms with Crippen LogP contribution in [0, 0.1) is 5.41 Å². The molecule has 92 valence electrons. The Morgan fingerprint density at radius 3 is 2.82 bits per heavy atom. The average molecular weight is 298 g/mol. The number of carbonyl (C=O) groups is 1. The molecule has 1 aromatic rings. The van der Waals surface area contributed by atoms with Gasteiger partial charge in [-0.3, -0.25) is 4.79 Å². The summed E-state index contributed by atoms with van der Waals surface area (Å²) in [5, 5.41) is 9.30. The van der Waals surface area contributed by atoms with Crippen molar-refractivity contribution >= 4 is 27.5 Å². The molecule has 1 N–H and O–H groups in total. The number of benzene rings is 1. The van der Waals surface area contributed by atoms with Gasteiger partial charge in [-0.15, -0.1) is 0 Å². The van der Waals surface area contributed by atoms with Crippen molar-refractivity contribution in [3.8, 4) is 0 Å². The van der Waals surface area contributed by atoms with Crippen LogP contribution in [-0.2, 0) is 11.2 Å². The highest BCUT2D eigenvalue weighted by atomic mass is 79.9. The van der Waals surface area contributed by atoms with Crippen LogP contribution in [0.2, 0.25) is 0 Å². The Kier molecular flexibility index (Phi) is 3.27. The Bertz CT molecular complexity index is 457. The smallest absolute Gasteiger partial charge is 0.231 e. The summed E-state index contributed by atoms with van der Waals surface area (Å²) < 4.78 is 0.970. The van der Waals surface area contributed by atoms with Crippen LogP contribution >= 0.6 is 15.9 Å². The van der Waals surface area contributed by atoms with Gasteiger partial charge in [-0.1, -0.05) is 35.8 Å². The first-order valence-electron chi connectivity index (χ1n) is 5.63. The van der Waals surface area contributed by atoms with Crippen LogP contribution in [0.5, 0.6) is 0 Å². The van der Waals surface area contributed by atoms with E-state index in [9.17, 15) is 9.90 Å². The van der Waals surface area contributed by atoms with E-state index in [4.69, 9.17) is 0 Å². The molecule has 0 unspecified atom stereocenters. The molecule has 0 spiro atoms. The lowest BCUT2D eigenvalue weighted by molar-refractivity contribution is -0.117. The van der Waals surface area contributed by atoms with E-state index in [0.29, 0.717) is 13.0 Å². The minimum Gasteiger partial charge on any atom is -0.396 e. The van der Waals surface area contributed by atoms with Crippen LogP contribution in [-0.4, -0.2) is 24.2 Å². The molecule has 17 heavy (non-hydrogen) atoms. The molecule has 1 amide bonds. The highest BCUT2D eigenvalue weighted by Gasteiger charge is 2.31. The summed E-state index contributed by atoms with van der Waals surface area (Å²) in [6.45, 7) is 4.53. The number of aliphatic hydroxyl groups is 1. The second-order valence-electron chi connectivity index (χ2n) is 5.25. The zero-order chi connectivity index (χ0) is 12.6. The average Bonchev–Trinajstić information content (AvgIpc) is 2.56. The molecule has 2 rings (SSSR count). The molecular formula is C13H16BrNO2. The molecule has 1 aromatic carbocycles. The summed E-state index contributed by atoms with van der Waals surface area (Å²) in [4.78, 5) is 13.7. The third-order valence-corrected chi connectivity index (χ3v) is 3.49. The van der Waals surface area contributed by atoms with Gasteiger partial charge >= 0.3 is 0 Å². The third-order valence-electron chi connectivity index (χ3n) is 3.00. The van der Waals surface area contributed by atoms with Crippen molar-refractivity contribution in [1.29, 1.82) is 0 Å². The van der Waals surface area contributed by atoms with E-state index >= 15 is 0 Å². The second kappa shape index (κ2) is 4.42. The zero-order valence-corrected chi connectivity index (χ0v) is 11.6. The summed E-state index contributed by atoms with van der Waals surface area (Å²) in [6.07, 6.45) is 0.462. The van der Waals surface area contributed by atoms with Gasteiger partial charge in [0.2, 0.25) is 5.91 Å². The van der Waals surface area contributed by atoms with Gasteiger partial charge in [-0.2, -0.15) is 0 Å². The summed E-state index contributed by atoms with van der Waals surface area (Å²) in [5.74, 6) is 0.111. The minimum absolute atomic E-state index is 0.0696. The minimum atomic E-state index is -0.278. The molecule has 3 nitrogen and oxygen atoms in total. The summed E-state index contributed by atoms with van der Waals surface area (Å²) in [7, 11) is 0. The number of carbonyl (C=O) groups excluding carboxylic acids is 1. The van der Waals surface area contributed by atoms with Crippen LogP contribution in [0.1, 0.15) is 19.4 Å². The highest BCUT2D eigenvalue weighted by molar-refractivity contribution is 9.10. The maximum Gasteiger partial charge on any atom is 0.231 e. The first-order chi connectivity index (χ1) is 7.93. The third kappa shape index (κ3) is 2.53. The molecule has 0 fully saturated rings. The number of amides is 1. The van der Waals surface area contributed by atoms with Crippen LogP contribution in [0.15, 0.2) is 22.7 Å². The van der Waals surface area contributed by atoms with Crippen molar-refractivity contribution in [2.24, 2.45) is 5.41 Å². The number of nitrogens with zero attached hydrogens (tertiary/aromatic N) is 1. The molecule has 0 saturated heterocycles. The number of rotatable bonds is 3. The number of fused-ring (bicyclic) bond motifs is 1. The number of halogens is 1. The second-order valence-corrected chi connectivity index (χ2v) is 6.17. The fraction of sp³-hybridized carbons (Fsp3) is 0.462. The van der Waals surface area contributed by atoms with Crippen LogP contribution in [0.3, 0.4) is 0 Å². The van der Waals surface area contributed by atoms with Crippen molar-refractivity contribution < 1.29 is 9.90 Å². The van der Waals surface area contributed by atoms with Gasteiger partial charge in [0.1, 0.15) is 0 Å². The Morgan fingerprint density at radius 2 is 2.18 bits per heavy atom. The van der Waals surface area contributed by atoms with E-state index in [1.165, 1.54) is 0 Å².